The van der Waals surface area contributed by atoms with Crippen LogP contribution in [0.1, 0.15) is 13.3 Å². The Bertz CT molecular complexity index is 380. The van der Waals surface area contributed by atoms with E-state index >= 15 is 0 Å². The number of carbonyl (C=O) groups is 2. The fourth-order valence-electron chi connectivity index (χ4n) is 0.907. The van der Waals surface area contributed by atoms with Crippen molar-refractivity contribution < 1.29 is 23.6 Å². The molecule has 92 valence electrons. The van der Waals surface area contributed by atoms with Gasteiger partial charge in [0.15, 0.2) is 0 Å². The molecule has 0 radical (unpaired) electrons. The molecule has 0 aliphatic carbocycles. The molecule has 0 saturated heterocycles. The Morgan fingerprint density at radius 2 is 2.00 bits per heavy atom. The summed E-state index contributed by atoms with van der Waals surface area (Å²) in [6.07, 6.45) is 0.328. The monoisotopic (exact) mass is 248 g/mol. The lowest BCUT2D eigenvalue weighted by molar-refractivity contribution is -0.139. The van der Waals surface area contributed by atoms with Gasteiger partial charge in [0.25, 0.3) is 0 Å². The van der Waals surface area contributed by atoms with Gasteiger partial charge < -0.3 is 9.84 Å². The van der Waals surface area contributed by atoms with Crippen molar-refractivity contribution in [2.24, 2.45) is 0 Å². The van der Waals surface area contributed by atoms with Crippen molar-refractivity contribution >= 4 is 27.3 Å². The Labute approximate surface area is 95.1 Å². The highest BCUT2D eigenvalue weighted by molar-refractivity contribution is 8.00. The van der Waals surface area contributed by atoms with Crippen LogP contribution in [-0.4, -0.2) is 45.2 Å². The minimum Gasteiger partial charge on any atom is -0.481 e. The number of hydrogen-bond donors (Lipinski definition) is 1. The molecule has 0 aromatic carbocycles. The highest BCUT2D eigenvalue weighted by atomic mass is 32.2. The number of esters is 1. The lowest BCUT2D eigenvalue weighted by Crippen LogP contribution is -2.19. The van der Waals surface area contributed by atoms with Crippen LogP contribution in [0, 0.1) is 0 Å². The molecule has 0 saturated carbocycles. The van der Waals surface area contributed by atoms with Crippen molar-refractivity contribution in [2.75, 3.05) is 18.1 Å². The van der Waals surface area contributed by atoms with E-state index in [2.05, 4.69) is 12.4 Å². The van der Waals surface area contributed by atoms with Gasteiger partial charge in [-0.1, -0.05) is 6.58 Å². The third-order valence-corrected chi connectivity index (χ3v) is 3.43. The second-order valence-corrected chi connectivity index (χ2v) is 6.11. The first-order valence-electron chi connectivity index (χ1n) is 4.61. The SMILES string of the molecule is C=C(C)C(=O)OCCCS(=C)(=O)CC(=O)O. The minimum atomic E-state index is -2.61. The highest BCUT2D eigenvalue weighted by Gasteiger charge is 2.10. The van der Waals surface area contributed by atoms with Gasteiger partial charge >= 0.3 is 11.9 Å². The molecule has 0 spiro atoms. The van der Waals surface area contributed by atoms with Crippen LogP contribution in [0.15, 0.2) is 12.2 Å². The number of carbonyl (C=O) groups excluding carboxylic acids is 1. The first-order valence-corrected chi connectivity index (χ1v) is 6.68. The zero-order valence-corrected chi connectivity index (χ0v) is 10.0. The average molecular weight is 248 g/mol. The smallest absolute Gasteiger partial charge is 0.333 e. The van der Waals surface area contributed by atoms with Crippen molar-refractivity contribution in [3.8, 4) is 0 Å². The minimum absolute atomic E-state index is 0.0951. The van der Waals surface area contributed by atoms with Gasteiger partial charge in [0.1, 0.15) is 5.75 Å². The maximum absolute atomic E-state index is 11.5. The van der Waals surface area contributed by atoms with E-state index in [4.69, 9.17) is 9.84 Å². The van der Waals surface area contributed by atoms with Crippen molar-refractivity contribution in [1.29, 1.82) is 0 Å². The van der Waals surface area contributed by atoms with E-state index in [1.165, 1.54) is 6.92 Å². The topological polar surface area (TPSA) is 80.7 Å². The average Bonchev–Trinajstić information content (AvgIpc) is 2.09. The van der Waals surface area contributed by atoms with E-state index in [0.29, 0.717) is 12.0 Å². The van der Waals surface area contributed by atoms with Gasteiger partial charge in [-0.25, -0.2) is 4.79 Å². The van der Waals surface area contributed by atoms with Gasteiger partial charge in [0, 0.05) is 11.3 Å². The molecule has 1 unspecified atom stereocenters. The predicted molar refractivity (Wildman–Crippen MR) is 63.0 cm³/mol. The summed E-state index contributed by atoms with van der Waals surface area (Å²) in [4.78, 5) is 21.3. The van der Waals surface area contributed by atoms with E-state index in [1.54, 1.807) is 0 Å². The van der Waals surface area contributed by atoms with Crippen LogP contribution in [0.5, 0.6) is 0 Å². The molecule has 0 aromatic heterocycles. The molecule has 0 aromatic rings. The van der Waals surface area contributed by atoms with E-state index in [-0.39, 0.29) is 12.4 Å². The standard InChI is InChI=1S/C10H16O5S/c1-8(2)10(13)15-5-4-6-16(3,14)7-9(11)12/h1,3-7H2,2H3,(H,11,12). The second-order valence-electron chi connectivity index (χ2n) is 3.48. The molecule has 6 heteroatoms. The summed E-state index contributed by atoms with van der Waals surface area (Å²) in [6.45, 7) is 5.02. The summed E-state index contributed by atoms with van der Waals surface area (Å²) in [6, 6.07) is 0. The van der Waals surface area contributed by atoms with Crippen LogP contribution in [-0.2, 0) is 23.8 Å². The van der Waals surface area contributed by atoms with Crippen LogP contribution in [0.2, 0.25) is 0 Å². The van der Waals surface area contributed by atoms with Gasteiger partial charge in [-0.3, -0.25) is 9.00 Å². The lowest BCUT2D eigenvalue weighted by atomic mass is 10.4. The quantitative estimate of drug-likeness (QED) is 0.303. The molecular weight excluding hydrogens is 232 g/mol. The van der Waals surface area contributed by atoms with E-state index in [0.717, 1.165) is 0 Å². The van der Waals surface area contributed by atoms with Crippen molar-refractivity contribution in [2.45, 2.75) is 13.3 Å². The maximum atomic E-state index is 11.5. The van der Waals surface area contributed by atoms with Crippen molar-refractivity contribution in [3.63, 3.8) is 0 Å². The molecule has 16 heavy (non-hydrogen) atoms. The molecule has 1 N–H and O–H groups in total. The van der Waals surface area contributed by atoms with E-state index < -0.39 is 27.2 Å². The predicted octanol–water partition coefficient (Wildman–Crippen LogP) is 0.297. The number of aliphatic carboxylic acids is 1. The van der Waals surface area contributed by atoms with Crippen LogP contribution in [0.4, 0.5) is 0 Å². The summed E-state index contributed by atoms with van der Waals surface area (Å²) in [7, 11) is -2.61. The maximum Gasteiger partial charge on any atom is 0.333 e. The molecule has 5 nitrogen and oxygen atoms in total. The molecule has 0 aliphatic rings. The Kier molecular flexibility index (Phi) is 5.81. The fraction of sp³-hybridized carbons (Fsp3) is 0.500. The summed E-state index contributed by atoms with van der Waals surface area (Å²) in [5.41, 5.74) is 0.292. The zero-order valence-electron chi connectivity index (χ0n) is 9.23. The molecule has 0 bridgehead atoms. The fourth-order valence-corrected chi connectivity index (χ4v) is 2.15. The molecule has 0 heterocycles. The first kappa shape index (κ1) is 14.7. The summed E-state index contributed by atoms with van der Waals surface area (Å²) >= 11 is 0. The van der Waals surface area contributed by atoms with Crippen molar-refractivity contribution in [1.82, 2.24) is 0 Å². The Balaban J connectivity index is 3.87. The van der Waals surface area contributed by atoms with Crippen LogP contribution >= 0.6 is 0 Å². The van der Waals surface area contributed by atoms with Gasteiger partial charge in [0.2, 0.25) is 0 Å². The van der Waals surface area contributed by atoms with Gasteiger partial charge in [0.05, 0.1) is 6.61 Å². The van der Waals surface area contributed by atoms with Crippen LogP contribution < -0.4 is 0 Å². The second kappa shape index (κ2) is 6.32. The molecule has 0 aliphatic heterocycles. The van der Waals surface area contributed by atoms with Crippen molar-refractivity contribution in [3.05, 3.63) is 12.2 Å². The van der Waals surface area contributed by atoms with Gasteiger partial charge in [-0.05, 0) is 28.7 Å². The summed E-state index contributed by atoms with van der Waals surface area (Å²) in [5.74, 6) is 1.38. The van der Waals surface area contributed by atoms with E-state index in [1.807, 2.05) is 0 Å². The molecule has 0 rings (SSSR count). The largest absolute Gasteiger partial charge is 0.481 e. The first-order chi connectivity index (χ1) is 7.24. The zero-order chi connectivity index (χ0) is 12.8. The molecule has 0 fully saturated rings. The summed E-state index contributed by atoms with van der Waals surface area (Å²) in [5, 5.41) is 8.45. The summed E-state index contributed by atoms with van der Waals surface area (Å²) < 4.78 is 16.3. The third kappa shape index (κ3) is 7.05. The number of ether oxygens (including phenoxy) is 1. The van der Waals surface area contributed by atoms with Crippen LogP contribution in [0.3, 0.4) is 0 Å². The number of rotatable bonds is 7. The Morgan fingerprint density at radius 3 is 2.44 bits per heavy atom. The van der Waals surface area contributed by atoms with Crippen LogP contribution in [0.25, 0.3) is 0 Å². The number of carboxylic acids is 1. The molecule has 0 amide bonds. The number of hydrogen-bond acceptors (Lipinski definition) is 4. The number of carboxylic acid groups (broad SMARTS) is 1. The lowest BCUT2D eigenvalue weighted by Gasteiger charge is -2.07. The normalized spacial score (nSPS) is 13.8. The Morgan fingerprint density at radius 1 is 1.44 bits per heavy atom. The molecular formula is C10H16O5S. The Hall–Kier alpha value is -1.30. The van der Waals surface area contributed by atoms with E-state index in [9.17, 15) is 13.8 Å². The van der Waals surface area contributed by atoms with Gasteiger partial charge in [-0.15, -0.1) is 0 Å². The third-order valence-electron chi connectivity index (χ3n) is 1.63. The molecule has 1 atom stereocenters. The van der Waals surface area contributed by atoms with Gasteiger partial charge in [-0.2, -0.15) is 0 Å². The highest BCUT2D eigenvalue weighted by Crippen LogP contribution is 1.97.